The van der Waals surface area contributed by atoms with Gasteiger partial charge in [-0.3, -0.25) is 4.79 Å². The van der Waals surface area contributed by atoms with Gasteiger partial charge in [0, 0.05) is 12.6 Å². The molecule has 0 aromatic heterocycles. The maximum absolute atomic E-state index is 11.2. The van der Waals surface area contributed by atoms with Crippen molar-refractivity contribution in [3.63, 3.8) is 0 Å². The molecule has 3 nitrogen and oxygen atoms in total. The summed E-state index contributed by atoms with van der Waals surface area (Å²) in [5.74, 6) is 0.723. The van der Waals surface area contributed by atoms with Gasteiger partial charge in [-0.15, -0.1) is 0 Å². The van der Waals surface area contributed by atoms with Gasteiger partial charge in [-0.05, 0) is 19.3 Å². The molecule has 0 aromatic carbocycles. The normalized spacial score (nSPS) is 34.6. The molecule has 1 heterocycles. The highest BCUT2D eigenvalue weighted by Crippen LogP contribution is 2.18. The van der Waals surface area contributed by atoms with E-state index in [4.69, 9.17) is 5.73 Å². The molecule has 3 heteroatoms. The third-order valence-electron chi connectivity index (χ3n) is 2.25. The van der Waals surface area contributed by atoms with Crippen molar-refractivity contribution in [2.24, 2.45) is 17.6 Å². The highest BCUT2D eigenvalue weighted by Gasteiger charge is 2.28. The maximum Gasteiger partial charge on any atom is 0.224 e. The fraction of sp³-hybridized carbons (Fsp3) is 0.875. The van der Waals surface area contributed by atoms with Gasteiger partial charge in [0.1, 0.15) is 0 Å². The summed E-state index contributed by atoms with van der Waals surface area (Å²) in [4.78, 5) is 11.2. The van der Waals surface area contributed by atoms with Gasteiger partial charge in [0.05, 0.1) is 5.92 Å². The standard InChI is InChI=1S/C8H16N2O/c1-5-3-7(6(2)9)8(11)10-4-5/h5-7H,3-4,9H2,1-2H3,(H,10,11). The minimum Gasteiger partial charge on any atom is -0.356 e. The lowest BCUT2D eigenvalue weighted by Crippen LogP contribution is -2.47. The van der Waals surface area contributed by atoms with E-state index in [0.29, 0.717) is 5.92 Å². The van der Waals surface area contributed by atoms with Crippen LogP contribution in [0.3, 0.4) is 0 Å². The molecule has 3 unspecified atom stereocenters. The number of nitrogens with two attached hydrogens (primary N) is 1. The highest BCUT2D eigenvalue weighted by molar-refractivity contribution is 5.80. The quantitative estimate of drug-likeness (QED) is 0.566. The van der Waals surface area contributed by atoms with Gasteiger partial charge >= 0.3 is 0 Å². The molecule has 1 amide bonds. The second-order valence-corrected chi connectivity index (χ2v) is 3.55. The Balaban J connectivity index is 2.54. The van der Waals surface area contributed by atoms with Crippen molar-refractivity contribution in [1.29, 1.82) is 0 Å². The van der Waals surface area contributed by atoms with E-state index in [1.54, 1.807) is 0 Å². The van der Waals surface area contributed by atoms with Crippen molar-refractivity contribution in [1.82, 2.24) is 5.32 Å². The van der Waals surface area contributed by atoms with Crippen molar-refractivity contribution < 1.29 is 4.79 Å². The SMILES string of the molecule is CC1CNC(=O)C(C(C)N)C1. The van der Waals surface area contributed by atoms with Gasteiger partial charge in [-0.25, -0.2) is 0 Å². The first kappa shape index (κ1) is 8.53. The molecule has 1 fully saturated rings. The molecule has 11 heavy (non-hydrogen) atoms. The first-order chi connectivity index (χ1) is 5.11. The van der Waals surface area contributed by atoms with Crippen LogP contribution in [-0.4, -0.2) is 18.5 Å². The van der Waals surface area contributed by atoms with Gasteiger partial charge in [0.2, 0.25) is 5.91 Å². The van der Waals surface area contributed by atoms with E-state index in [-0.39, 0.29) is 17.9 Å². The van der Waals surface area contributed by atoms with Crippen LogP contribution < -0.4 is 11.1 Å². The lowest BCUT2D eigenvalue weighted by Gasteiger charge is -2.28. The summed E-state index contributed by atoms with van der Waals surface area (Å²) in [6.07, 6.45) is 0.934. The number of carbonyl (C=O) groups is 1. The van der Waals surface area contributed by atoms with E-state index in [1.807, 2.05) is 6.92 Å². The largest absolute Gasteiger partial charge is 0.356 e. The highest BCUT2D eigenvalue weighted by atomic mass is 16.2. The summed E-state index contributed by atoms with van der Waals surface area (Å²) < 4.78 is 0. The second-order valence-electron chi connectivity index (χ2n) is 3.55. The second kappa shape index (κ2) is 3.22. The van der Waals surface area contributed by atoms with Crippen molar-refractivity contribution >= 4 is 5.91 Å². The number of amides is 1. The van der Waals surface area contributed by atoms with Crippen LogP contribution >= 0.6 is 0 Å². The van der Waals surface area contributed by atoms with E-state index in [9.17, 15) is 4.79 Å². The predicted molar refractivity (Wildman–Crippen MR) is 43.9 cm³/mol. The maximum atomic E-state index is 11.2. The third kappa shape index (κ3) is 1.93. The number of hydrogen-bond donors (Lipinski definition) is 2. The van der Waals surface area contributed by atoms with Crippen LogP contribution in [0, 0.1) is 11.8 Å². The van der Waals surface area contributed by atoms with Crippen molar-refractivity contribution in [2.45, 2.75) is 26.3 Å². The lowest BCUT2D eigenvalue weighted by molar-refractivity contribution is -0.128. The fourth-order valence-electron chi connectivity index (χ4n) is 1.48. The van der Waals surface area contributed by atoms with E-state index < -0.39 is 0 Å². The summed E-state index contributed by atoms with van der Waals surface area (Å²) in [6.45, 7) is 4.83. The van der Waals surface area contributed by atoms with Crippen LogP contribution in [0.25, 0.3) is 0 Å². The zero-order valence-electron chi connectivity index (χ0n) is 7.13. The number of nitrogens with one attached hydrogen (secondary N) is 1. The summed E-state index contributed by atoms with van der Waals surface area (Å²) in [5, 5.41) is 2.84. The Bertz CT molecular complexity index is 156. The van der Waals surface area contributed by atoms with Gasteiger partial charge in [0.15, 0.2) is 0 Å². The molecule has 0 aromatic rings. The van der Waals surface area contributed by atoms with Crippen LogP contribution in [0.15, 0.2) is 0 Å². The summed E-state index contributed by atoms with van der Waals surface area (Å²) in [6, 6.07) is -0.0160. The van der Waals surface area contributed by atoms with Crippen molar-refractivity contribution in [3.05, 3.63) is 0 Å². The zero-order valence-corrected chi connectivity index (χ0v) is 7.13. The molecule has 0 spiro atoms. The average Bonchev–Trinajstić information content (AvgIpc) is 1.94. The Hall–Kier alpha value is -0.570. The Morgan fingerprint density at radius 1 is 1.73 bits per heavy atom. The topological polar surface area (TPSA) is 55.1 Å². The van der Waals surface area contributed by atoms with E-state index in [2.05, 4.69) is 12.2 Å². The smallest absolute Gasteiger partial charge is 0.224 e. The molecule has 1 rings (SSSR count). The molecule has 0 saturated carbocycles. The molecule has 0 bridgehead atoms. The summed E-state index contributed by atoms with van der Waals surface area (Å²) in [5.41, 5.74) is 5.66. The molecule has 1 aliphatic rings. The van der Waals surface area contributed by atoms with Crippen LogP contribution in [0.1, 0.15) is 20.3 Å². The molecule has 3 N–H and O–H groups in total. The Kier molecular flexibility index (Phi) is 2.49. The van der Waals surface area contributed by atoms with E-state index in [0.717, 1.165) is 13.0 Å². The number of carbonyl (C=O) groups excluding carboxylic acids is 1. The third-order valence-corrected chi connectivity index (χ3v) is 2.25. The molecule has 64 valence electrons. The van der Waals surface area contributed by atoms with Gasteiger partial charge in [0.25, 0.3) is 0 Å². The minimum absolute atomic E-state index is 0.0160. The fourth-order valence-corrected chi connectivity index (χ4v) is 1.48. The van der Waals surface area contributed by atoms with Crippen LogP contribution in [0.4, 0.5) is 0 Å². The van der Waals surface area contributed by atoms with E-state index in [1.165, 1.54) is 0 Å². The Labute approximate surface area is 67.3 Å². The summed E-state index contributed by atoms with van der Waals surface area (Å²) >= 11 is 0. The average molecular weight is 156 g/mol. The van der Waals surface area contributed by atoms with Crippen LogP contribution in [-0.2, 0) is 4.79 Å². The first-order valence-electron chi connectivity index (χ1n) is 4.14. The molecule has 1 aliphatic heterocycles. The molecular weight excluding hydrogens is 140 g/mol. The van der Waals surface area contributed by atoms with Crippen LogP contribution in [0.2, 0.25) is 0 Å². The first-order valence-corrected chi connectivity index (χ1v) is 4.14. The molecular formula is C8H16N2O. The number of piperidine rings is 1. The molecule has 0 aliphatic carbocycles. The van der Waals surface area contributed by atoms with E-state index >= 15 is 0 Å². The Morgan fingerprint density at radius 3 is 2.82 bits per heavy atom. The number of hydrogen-bond acceptors (Lipinski definition) is 2. The van der Waals surface area contributed by atoms with Crippen molar-refractivity contribution in [2.75, 3.05) is 6.54 Å². The zero-order chi connectivity index (χ0) is 8.43. The van der Waals surface area contributed by atoms with Gasteiger partial charge in [-0.1, -0.05) is 6.92 Å². The molecule has 1 saturated heterocycles. The molecule has 3 atom stereocenters. The predicted octanol–water partition coefficient (Wildman–Crippen LogP) is 0.106. The molecule has 0 radical (unpaired) electrons. The monoisotopic (exact) mass is 156 g/mol. The Morgan fingerprint density at radius 2 is 2.36 bits per heavy atom. The van der Waals surface area contributed by atoms with Crippen molar-refractivity contribution in [3.8, 4) is 0 Å². The summed E-state index contributed by atoms with van der Waals surface area (Å²) in [7, 11) is 0. The van der Waals surface area contributed by atoms with Crippen LogP contribution in [0.5, 0.6) is 0 Å². The minimum atomic E-state index is -0.0160. The van der Waals surface area contributed by atoms with Gasteiger partial charge < -0.3 is 11.1 Å². The van der Waals surface area contributed by atoms with Gasteiger partial charge in [-0.2, -0.15) is 0 Å². The lowest BCUT2D eigenvalue weighted by atomic mass is 9.87. The number of rotatable bonds is 1.